The van der Waals surface area contributed by atoms with Gasteiger partial charge in [-0.2, -0.15) is 0 Å². The van der Waals surface area contributed by atoms with E-state index in [0.717, 1.165) is 5.56 Å². The standard InChI is InChI=1S/C19H19Cl2NO5S/c1-26-10-11-28(24,25)16-7-6-13(20)17(18(16)21)19(23)22-14-8-9-27-15-5-3-2-4-12(14)15/h2-7,14H,8-11H2,1H3,(H,22,23)/t14-/m1/s1. The molecule has 2 aromatic rings. The van der Waals surface area contributed by atoms with Crippen LogP contribution in [0.25, 0.3) is 0 Å². The highest BCUT2D eigenvalue weighted by atomic mass is 35.5. The van der Waals surface area contributed by atoms with Gasteiger partial charge in [-0.3, -0.25) is 4.79 Å². The third-order valence-electron chi connectivity index (χ3n) is 4.44. The Hall–Kier alpha value is -1.80. The molecule has 0 aromatic heterocycles. The van der Waals surface area contributed by atoms with Crippen LogP contribution in [0.3, 0.4) is 0 Å². The maximum atomic E-state index is 12.9. The molecular weight excluding hydrogens is 425 g/mol. The average Bonchev–Trinajstić information content (AvgIpc) is 2.66. The van der Waals surface area contributed by atoms with E-state index in [9.17, 15) is 13.2 Å². The van der Waals surface area contributed by atoms with Crippen LogP contribution in [-0.4, -0.2) is 40.4 Å². The van der Waals surface area contributed by atoms with Crippen LogP contribution in [0.1, 0.15) is 28.4 Å². The first-order chi connectivity index (χ1) is 13.3. The fourth-order valence-electron chi connectivity index (χ4n) is 3.01. The minimum atomic E-state index is -3.72. The van der Waals surface area contributed by atoms with Crippen molar-refractivity contribution in [1.82, 2.24) is 5.32 Å². The van der Waals surface area contributed by atoms with Crippen molar-refractivity contribution in [1.29, 1.82) is 0 Å². The van der Waals surface area contributed by atoms with Gasteiger partial charge in [-0.15, -0.1) is 0 Å². The summed E-state index contributed by atoms with van der Waals surface area (Å²) in [6.45, 7) is 0.469. The molecule has 0 fully saturated rings. The number of nitrogens with one attached hydrogen (secondary N) is 1. The van der Waals surface area contributed by atoms with E-state index in [4.69, 9.17) is 32.7 Å². The second-order valence-corrected chi connectivity index (χ2v) is 9.11. The Balaban J connectivity index is 1.92. The molecule has 9 heteroatoms. The summed E-state index contributed by atoms with van der Waals surface area (Å²) in [7, 11) is -2.32. The number of halogens is 2. The van der Waals surface area contributed by atoms with Crippen LogP contribution in [0.15, 0.2) is 41.3 Å². The fraction of sp³-hybridized carbons (Fsp3) is 0.316. The van der Waals surface area contributed by atoms with Gasteiger partial charge in [0, 0.05) is 19.1 Å². The largest absolute Gasteiger partial charge is 0.493 e. The summed E-state index contributed by atoms with van der Waals surface area (Å²) in [4.78, 5) is 12.8. The van der Waals surface area contributed by atoms with Gasteiger partial charge in [0.05, 0.1) is 45.5 Å². The topological polar surface area (TPSA) is 81.7 Å². The quantitative estimate of drug-likeness (QED) is 0.736. The van der Waals surface area contributed by atoms with Gasteiger partial charge in [0.2, 0.25) is 0 Å². The highest BCUT2D eigenvalue weighted by Gasteiger charge is 2.28. The maximum absolute atomic E-state index is 12.9. The Bertz CT molecular complexity index is 994. The van der Waals surface area contributed by atoms with Crippen LogP contribution in [0, 0.1) is 0 Å². The Morgan fingerprint density at radius 3 is 2.75 bits per heavy atom. The summed E-state index contributed by atoms with van der Waals surface area (Å²) in [6.07, 6.45) is 0.573. The summed E-state index contributed by atoms with van der Waals surface area (Å²) < 4.78 is 35.4. The predicted octanol–water partition coefficient (Wildman–Crippen LogP) is 3.67. The Morgan fingerprint density at radius 2 is 2.00 bits per heavy atom. The van der Waals surface area contributed by atoms with Crippen LogP contribution in [0.4, 0.5) is 0 Å². The zero-order valence-corrected chi connectivity index (χ0v) is 17.4. The molecule has 28 heavy (non-hydrogen) atoms. The number of methoxy groups -OCH3 is 1. The molecule has 0 saturated heterocycles. The van der Waals surface area contributed by atoms with Gasteiger partial charge in [0.15, 0.2) is 9.84 Å². The molecule has 0 aliphatic carbocycles. The Kier molecular flexibility index (Phi) is 6.50. The molecule has 0 unspecified atom stereocenters. The van der Waals surface area contributed by atoms with E-state index >= 15 is 0 Å². The number of hydrogen-bond donors (Lipinski definition) is 1. The molecule has 0 radical (unpaired) electrons. The molecule has 1 N–H and O–H groups in total. The molecule has 1 heterocycles. The molecule has 1 aliphatic heterocycles. The van der Waals surface area contributed by atoms with Crippen molar-refractivity contribution in [3.8, 4) is 5.75 Å². The van der Waals surface area contributed by atoms with Crippen molar-refractivity contribution in [3.05, 3.63) is 57.6 Å². The lowest BCUT2D eigenvalue weighted by atomic mass is 10.00. The Morgan fingerprint density at radius 1 is 1.25 bits per heavy atom. The second-order valence-electron chi connectivity index (χ2n) is 6.25. The Labute approximate surface area is 173 Å². The third-order valence-corrected chi connectivity index (χ3v) is 6.97. The van der Waals surface area contributed by atoms with E-state index in [0.29, 0.717) is 18.8 Å². The molecule has 0 spiro atoms. The molecule has 0 bridgehead atoms. The van der Waals surface area contributed by atoms with E-state index in [2.05, 4.69) is 5.32 Å². The summed E-state index contributed by atoms with van der Waals surface area (Å²) in [5.74, 6) is -0.0909. The van der Waals surface area contributed by atoms with Gasteiger partial charge in [0.25, 0.3) is 5.91 Å². The maximum Gasteiger partial charge on any atom is 0.254 e. The number of para-hydroxylation sites is 1. The molecule has 3 rings (SSSR count). The van der Waals surface area contributed by atoms with Gasteiger partial charge < -0.3 is 14.8 Å². The van der Waals surface area contributed by atoms with Gasteiger partial charge in [0.1, 0.15) is 5.75 Å². The molecule has 1 aliphatic rings. The van der Waals surface area contributed by atoms with Gasteiger partial charge in [-0.25, -0.2) is 8.42 Å². The average molecular weight is 444 g/mol. The minimum Gasteiger partial charge on any atom is -0.493 e. The lowest BCUT2D eigenvalue weighted by molar-refractivity contribution is 0.0925. The zero-order chi connectivity index (χ0) is 20.3. The van der Waals surface area contributed by atoms with Gasteiger partial charge >= 0.3 is 0 Å². The van der Waals surface area contributed by atoms with Crippen molar-refractivity contribution in [2.75, 3.05) is 26.1 Å². The van der Waals surface area contributed by atoms with Gasteiger partial charge in [-0.05, 0) is 18.2 Å². The summed E-state index contributed by atoms with van der Waals surface area (Å²) in [5, 5.41) is 2.77. The highest BCUT2D eigenvalue weighted by molar-refractivity contribution is 7.91. The first-order valence-electron chi connectivity index (χ1n) is 8.57. The molecule has 1 atom stereocenters. The number of carbonyl (C=O) groups is 1. The lowest BCUT2D eigenvalue weighted by Crippen LogP contribution is -2.32. The number of carbonyl (C=O) groups excluding carboxylic acids is 1. The molecule has 1 amide bonds. The van der Waals surface area contributed by atoms with Crippen molar-refractivity contribution in [2.45, 2.75) is 17.4 Å². The first kappa shape index (κ1) is 20.9. The van der Waals surface area contributed by atoms with Crippen LogP contribution >= 0.6 is 23.2 Å². The summed E-state index contributed by atoms with van der Waals surface area (Å²) in [6, 6.07) is 9.78. The van der Waals surface area contributed by atoms with E-state index < -0.39 is 15.7 Å². The number of amides is 1. The van der Waals surface area contributed by atoms with E-state index in [1.165, 1.54) is 19.2 Å². The third kappa shape index (κ3) is 4.27. The van der Waals surface area contributed by atoms with E-state index in [1.54, 1.807) is 0 Å². The van der Waals surface area contributed by atoms with Crippen LogP contribution < -0.4 is 10.1 Å². The lowest BCUT2D eigenvalue weighted by Gasteiger charge is -2.27. The number of hydrogen-bond acceptors (Lipinski definition) is 5. The van der Waals surface area contributed by atoms with Crippen LogP contribution in [0.5, 0.6) is 5.75 Å². The van der Waals surface area contributed by atoms with Crippen molar-refractivity contribution in [2.24, 2.45) is 0 Å². The predicted molar refractivity (Wildman–Crippen MR) is 107 cm³/mol. The van der Waals surface area contributed by atoms with Crippen molar-refractivity contribution >= 4 is 38.9 Å². The smallest absolute Gasteiger partial charge is 0.254 e. The number of ether oxygens (including phenoxy) is 2. The highest BCUT2D eigenvalue weighted by Crippen LogP contribution is 2.35. The van der Waals surface area contributed by atoms with Gasteiger partial charge in [-0.1, -0.05) is 41.4 Å². The zero-order valence-electron chi connectivity index (χ0n) is 15.1. The normalized spacial score (nSPS) is 16.2. The number of sulfone groups is 1. The molecule has 6 nitrogen and oxygen atoms in total. The van der Waals surface area contributed by atoms with Crippen molar-refractivity contribution in [3.63, 3.8) is 0 Å². The molecule has 150 valence electrons. The van der Waals surface area contributed by atoms with E-state index in [-0.39, 0.29) is 38.9 Å². The molecular formula is C19H19Cl2NO5S. The number of benzene rings is 2. The first-order valence-corrected chi connectivity index (χ1v) is 11.0. The SMILES string of the molecule is COCCS(=O)(=O)c1ccc(Cl)c(C(=O)N[C@@H]2CCOc3ccccc32)c1Cl. The van der Waals surface area contributed by atoms with Crippen LogP contribution in [-0.2, 0) is 14.6 Å². The number of fused-ring (bicyclic) bond motifs is 1. The van der Waals surface area contributed by atoms with Crippen molar-refractivity contribution < 1.29 is 22.7 Å². The number of rotatable bonds is 6. The fourth-order valence-corrected chi connectivity index (χ4v) is 5.16. The molecule has 0 saturated carbocycles. The second kappa shape index (κ2) is 8.69. The summed E-state index contributed by atoms with van der Waals surface area (Å²) >= 11 is 12.5. The monoisotopic (exact) mass is 443 g/mol. The molecule has 2 aromatic carbocycles. The van der Waals surface area contributed by atoms with E-state index in [1.807, 2.05) is 24.3 Å². The minimum absolute atomic E-state index is 0.0156. The summed E-state index contributed by atoms with van der Waals surface area (Å²) in [5.41, 5.74) is 0.781. The van der Waals surface area contributed by atoms with Crippen LogP contribution in [0.2, 0.25) is 10.0 Å².